The van der Waals surface area contributed by atoms with Gasteiger partial charge in [-0.3, -0.25) is 0 Å². The highest BCUT2D eigenvalue weighted by atomic mass is 35.5. The van der Waals surface area contributed by atoms with E-state index in [1.165, 1.54) is 13.2 Å². The Kier molecular flexibility index (Phi) is 4.16. The van der Waals surface area contributed by atoms with E-state index >= 15 is 0 Å². The Labute approximate surface area is 121 Å². The summed E-state index contributed by atoms with van der Waals surface area (Å²) in [6.07, 6.45) is -0.971. The molecule has 0 aliphatic carbocycles. The number of hydrogen-bond acceptors (Lipinski definition) is 4. The topological polar surface area (TPSA) is 59.7 Å². The van der Waals surface area contributed by atoms with Gasteiger partial charge in [0, 0.05) is 11.5 Å². The van der Waals surface area contributed by atoms with Crippen molar-refractivity contribution in [3.8, 4) is 5.75 Å². The molecule has 0 spiro atoms. The molecular formula is C15H15ClO4. The number of rotatable bonds is 4. The van der Waals surface area contributed by atoms with Crippen molar-refractivity contribution in [2.75, 3.05) is 7.11 Å². The number of aliphatic hydroxyl groups excluding tert-OH is 1. The van der Waals surface area contributed by atoms with Gasteiger partial charge in [0.1, 0.15) is 11.3 Å². The maximum atomic E-state index is 11.4. The van der Waals surface area contributed by atoms with Gasteiger partial charge in [0.05, 0.1) is 24.2 Å². The molecule has 1 aromatic heterocycles. The molecule has 5 heteroatoms. The molecule has 20 heavy (non-hydrogen) atoms. The Morgan fingerprint density at radius 3 is 2.65 bits per heavy atom. The van der Waals surface area contributed by atoms with Crippen molar-refractivity contribution in [3.63, 3.8) is 0 Å². The fraction of sp³-hybridized carbons (Fsp3) is 0.267. The fourth-order valence-corrected chi connectivity index (χ4v) is 2.40. The lowest BCUT2D eigenvalue weighted by Crippen LogP contribution is -2.16. The Balaban J connectivity index is 2.73. The first kappa shape index (κ1) is 14.6. The van der Waals surface area contributed by atoms with E-state index in [1.54, 1.807) is 25.1 Å². The molecule has 1 aromatic carbocycles. The van der Waals surface area contributed by atoms with E-state index in [9.17, 15) is 9.90 Å². The van der Waals surface area contributed by atoms with E-state index in [-0.39, 0.29) is 0 Å². The summed E-state index contributed by atoms with van der Waals surface area (Å²) in [5, 5.41) is 9.98. The molecule has 4 nitrogen and oxygen atoms in total. The predicted octanol–water partition coefficient (Wildman–Crippen LogP) is 3.02. The fourth-order valence-electron chi connectivity index (χ4n) is 1.98. The zero-order valence-electron chi connectivity index (χ0n) is 11.2. The average Bonchev–Trinajstić information content (AvgIpc) is 2.44. The summed E-state index contributed by atoms with van der Waals surface area (Å²) in [5.41, 5.74) is 0.792. The number of alkyl halides is 1. The van der Waals surface area contributed by atoms with E-state index in [0.717, 1.165) is 0 Å². The van der Waals surface area contributed by atoms with Crippen molar-refractivity contribution in [1.29, 1.82) is 0 Å². The van der Waals surface area contributed by atoms with Crippen LogP contribution in [-0.4, -0.2) is 18.3 Å². The highest BCUT2D eigenvalue weighted by Crippen LogP contribution is 2.38. The van der Waals surface area contributed by atoms with Crippen LogP contribution in [0.4, 0.5) is 0 Å². The molecule has 0 unspecified atom stereocenters. The molecule has 0 radical (unpaired) electrons. The normalized spacial score (nSPS) is 14.0. The van der Waals surface area contributed by atoms with E-state index < -0.39 is 17.1 Å². The van der Waals surface area contributed by atoms with Crippen LogP contribution in [0.2, 0.25) is 0 Å². The van der Waals surface area contributed by atoms with Gasteiger partial charge in [0.25, 0.3) is 0 Å². The minimum atomic E-state index is -0.971. The lowest BCUT2D eigenvalue weighted by Gasteiger charge is -2.20. The monoisotopic (exact) mass is 294 g/mol. The largest absolute Gasteiger partial charge is 0.496 e. The maximum absolute atomic E-state index is 11.4. The number of methoxy groups -OCH3 is 1. The number of hydrogen-bond donors (Lipinski definition) is 1. The summed E-state index contributed by atoms with van der Waals surface area (Å²) < 4.78 is 10.5. The Bertz CT molecular complexity index is 705. The van der Waals surface area contributed by atoms with Gasteiger partial charge in [-0.2, -0.15) is 0 Å². The van der Waals surface area contributed by atoms with Crippen LogP contribution in [0.5, 0.6) is 5.75 Å². The van der Waals surface area contributed by atoms with Gasteiger partial charge in [-0.1, -0.05) is 12.2 Å². The molecule has 2 atom stereocenters. The second-order valence-corrected chi connectivity index (χ2v) is 5.02. The highest BCUT2D eigenvalue weighted by Gasteiger charge is 2.26. The van der Waals surface area contributed by atoms with Crippen molar-refractivity contribution in [2.24, 2.45) is 0 Å². The zero-order valence-corrected chi connectivity index (χ0v) is 12.0. The summed E-state index contributed by atoms with van der Waals surface area (Å²) in [5.74, 6) is 0.451. The summed E-state index contributed by atoms with van der Waals surface area (Å²) in [4.78, 5) is 11.4. The van der Waals surface area contributed by atoms with E-state index in [2.05, 4.69) is 6.58 Å². The zero-order chi connectivity index (χ0) is 14.9. The quantitative estimate of drug-likeness (QED) is 0.535. The second kappa shape index (κ2) is 5.69. The summed E-state index contributed by atoms with van der Waals surface area (Å²) in [7, 11) is 1.49. The van der Waals surface area contributed by atoms with Crippen molar-refractivity contribution in [3.05, 3.63) is 52.4 Å². The molecule has 2 rings (SSSR count). The lowest BCUT2D eigenvalue weighted by atomic mass is 9.99. The number of ether oxygens (including phenoxy) is 1. The summed E-state index contributed by atoms with van der Waals surface area (Å²) >= 11 is 6.31. The molecule has 0 fully saturated rings. The lowest BCUT2D eigenvalue weighted by molar-refractivity contribution is 0.204. The Hall–Kier alpha value is -1.78. The Morgan fingerprint density at radius 1 is 1.40 bits per heavy atom. The van der Waals surface area contributed by atoms with Crippen LogP contribution in [-0.2, 0) is 0 Å². The standard InChI is InChI=1S/C15H15ClO4/c1-8(2)14(18)13(16)12-10(19-3)6-4-9-5-7-11(17)20-15(9)12/h4-7,13-14,18H,1H2,2-3H3/t13-,14-/m0/s1. The van der Waals surface area contributed by atoms with E-state index in [4.69, 9.17) is 20.8 Å². The van der Waals surface area contributed by atoms with Crippen LogP contribution >= 0.6 is 11.6 Å². The third kappa shape index (κ3) is 2.57. The van der Waals surface area contributed by atoms with Crippen LogP contribution in [0.25, 0.3) is 11.0 Å². The minimum absolute atomic E-state index is 0.317. The number of benzene rings is 1. The van der Waals surface area contributed by atoms with Gasteiger partial charge in [-0.15, -0.1) is 11.6 Å². The smallest absolute Gasteiger partial charge is 0.336 e. The maximum Gasteiger partial charge on any atom is 0.336 e. The van der Waals surface area contributed by atoms with E-state index in [0.29, 0.717) is 27.9 Å². The Morgan fingerprint density at radius 2 is 2.05 bits per heavy atom. The van der Waals surface area contributed by atoms with Crippen LogP contribution in [0.15, 0.2) is 45.6 Å². The molecule has 106 valence electrons. The molecular weight excluding hydrogens is 280 g/mol. The highest BCUT2D eigenvalue weighted by molar-refractivity contribution is 6.22. The minimum Gasteiger partial charge on any atom is -0.496 e. The van der Waals surface area contributed by atoms with Gasteiger partial charge >= 0.3 is 5.63 Å². The molecule has 2 aromatic rings. The van der Waals surface area contributed by atoms with Crippen LogP contribution in [0.3, 0.4) is 0 Å². The average molecular weight is 295 g/mol. The molecule has 0 bridgehead atoms. The van der Waals surface area contributed by atoms with Crippen LogP contribution in [0, 0.1) is 0 Å². The van der Waals surface area contributed by atoms with Crippen molar-refractivity contribution >= 4 is 22.6 Å². The van der Waals surface area contributed by atoms with E-state index in [1.807, 2.05) is 0 Å². The number of halogens is 1. The first-order valence-corrected chi connectivity index (χ1v) is 6.47. The third-order valence-electron chi connectivity index (χ3n) is 3.07. The van der Waals surface area contributed by atoms with Crippen LogP contribution < -0.4 is 10.4 Å². The third-order valence-corrected chi connectivity index (χ3v) is 3.52. The second-order valence-electron chi connectivity index (χ2n) is 4.55. The molecule has 0 aliphatic rings. The van der Waals surface area contributed by atoms with Gasteiger partial charge in [-0.05, 0) is 25.1 Å². The SMILES string of the molecule is C=C(C)[C@H](O)[C@@H](Cl)c1c(OC)ccc2ccc(=O)oc12. The predicted molar refractivity (Wildman–Crippen MR) is 78.5 cm³/mol. The van der Waals surface area contributed by atoms with Crippen molar-refractivity contribution in [2.45, 2.75) is 18.4 Å². The van der Waals surface area contributed by atoms with Crippen LogP contribution in [0.1, 0.15) is 17.9 Å². The van der Waals surface area contributed by atoms with Crippen molar-refractivity contribution < 1.29 is 14.3 Å². The molecule has 0 amide bonds. The first-order chi connectivity index (χ1) is 9.45. The molecule has 0 saturated heterocycles. The molecule has 1 N–H and O–H groups in total. The molecule has 0 aliphatic heterocycles. The van der Waals surface area contributed by atoms with Gasteiger partial charge in [0.2, 0.25) is 0 Å². The summed E-state index contributed by atoms with van der Waals surface area (Å²) in [6, 6.07) is 6.45. The number of fused-ring (bicyclic) bond motifs is 1. The van der Waals surface area contributed by atoms with Crippen molar-refractivity contribution in [1.82, 2.24) is 0 Å². The first-order valence-electron chi connectivity index (χ1n) is 6.04. The van der Waals surface area contributed by atoms with Gasteiger partial charge < -0.3 is 14.3 Å². The molecule has 0 saturated carbocycles. The van der Waals surface area contributed by atoms with Gasteiger partial charge in [-0.25, -0.2) is 4.79 Å². The molecule has 1 heterocycles. The summed E-state index contributed by atoms with van der Waals surface area (Å²) in [6.45, 7) is 5.36. The number of aliphatic hydroxyl groups is 1. The van der Waals surface area contributed by atoms with Gasteiger partial charge in [0.15, 0.2) is 0 Å².